The number of rotatable bonds is 2. The van der Waals surface area contributed by atoms with E-state index < -0.39 is 0 Å². The molecule has 0 spiro atoms. The summed E-state index contributed by atoms with van der Waals surface area (Å²) in [6.07, 6.45) is 0. The fraction of sp³-hybridized carbons (Fsp3) is 0. The van der Waals surface area contributed by atoms with Crippen molar-refractivity contribution in [3.8, 4) is 0 Å². The van der Waals surface area contributed by atoms with Crippen molar-refractivity contribution < 1.29 is 4.79 Å². The maximum absolute atomic E-state index is 12.1. The number of benzene rings is 2. The summed E-state index contributed by atoms with van der Waals surface area (Å²) in [6.45, 7) is 0. The van der Waals surface area contributed by atoms with Gasteiger partial charge in [-0.05, 0) is 30.3 Å². The molecule has 1 amide bonds. The van der Waals surface area contributed by atoms with Crippen LogP contribution < -0.4 is 10.9 Å². The van der Waals surface area contributed by atoms with Crippen LogP contribution >= 0.6 is 23.2 Å². The highest BCUT2D eigenvalue weighted by Gasteiger charge is 2.16. The van der Waals surface area contributed by atoms with Crippen molar-refractivity contribution in [1.82, 2.24) is 0 Å². The molecule has 2 aromatic carbocycles. The van der Waals surface area contributed by atoms with Crippen molar-refractivity contribution in [2.24, 2.45) is 5.84 Å². The zero-order valence-corrected chi connectivity index (χ0v) is 10.8. The summed E-state index contributed by atoms with van der Waals surface area (Å²) in [7, 11) is 0. The summed E-state index contributed by atoms with van der Waals surface area (Å²) < 4.78 is 0. The predicted molar refractivity (Wildman–Crippen MR) is 73.9 cm³/mol. The second-order valence-corrected chi connectivity index (χ2v) is 4.48. The first kappa shape index (κ1) is 12.9. The zero-order valence-electron chi connectivity index (χ0n) is 9.31. The van der Waals surface area contributed by atoms with Crippen molar-refractivity contribution >= 4 is 34.8 Å². The number of hydrazine groups is 1. The van der Waals surface area contributed by atoms with Crippen LogP contribution in [0.3, 0.4) is 0 Å². The third-order valence-electron chi connectivity index (χ3n) is 2.41. The molecule has 0 fully saturated rings. The van der Waals surface area contributed by atoms with Gasteiger partial charge in [-0.3, -0.25) is 4.79 Å². The normalized spacial score (nSPS) is 10.2. The molecule has 0 aromatic heterocycles. The van der Waals surface area contributed by atoms with Gasteiger partial charge in [-0.25, -0.2) is 10.9 Å². The van der Waals surface area contributed by atoms with Gasteiger partial charge in [0.15, 0.2) is 0 Å². The molecule has 0 saturated carbocycles. The molecule has 92 valence electrons. The lowest BCUT2D eigenvalue weighted by molar-refractivity contribution is 0.0987. The van der Waals surface area contributed by atoms with Crippen LogP contribution in [0, 0.1) is 0 Å². The highest BCUT2D eigenvalue weighted by atomic mass is 35.5. The smallest absolute Gasteiger partial charge is 0.267 e. The predicted octanol–water partition coefficient (Wildman–Crippen LogP) is 3.51. The topological polar surface area (TPSA) is 46.3 Å². The second kappa shape index (κ2) is 5.40. The van der Waals surface area contributed by atoms with E-state index in [1.54, 1.807) is 42.5 Å². The summed E-state index contributed by atoms with van der Waals surface area (Å²) in [5.41, 5.74) is 0.856. The lowest BCUT2D eigenvalue weighted by Crippen LogP contribution is -2.37. The Kier molecular flexibility index (Phi) is 3.87. The van der Waals surface area contributed by atoms with E-state index in [-0.39, 0.29) is 5.91 Å². The van der Waals surface area contributed by atoms with E-state index in [1.807, 2.05) is 6.07 Å². The van der Waals surface area contributed by atoms with Gasteiger partial charge in [0, 0.05) is 10.6 Å². The number of amides is 1. The van der Waals surface area contributed by atoms with Crippen molar-refractivity contribution in [3.05, 3.63) is 64.1 Å². The molecule has 18 heavy (non-hydrogen) atoms. The average molecular weight is 281 g/mol. The first-order chi connectivity index (χ1) is 8.59. The number of halogens is 2. The molecular formula is C13H10Cl2N2O. The van der Waals surface area contributed by atoms with E-state index in [0.717, 1.165) is 5.01 Å². The second-order valence-electron chi connectivity index (χ2n) is 3.64. The molecule has 2 aromatic rings. The van der Waals surface area contributed by atoms with E-state index >= 15 is 0 Å². The molecule has 0 bridgehead atoms. The third kappa shape index (κ3) is 2.64. The first-order valence-electron chi connectivity index (χ1n) is 5.19. The quantitative estimate of drug-likeness (QED) is 0.520. The number of carbonyl (C=O) groups is 1. The molecule has 0 heterocycles. The maximum atomic E-state index is 12.1. The van der Waals surface area contributed by atoms with Crippen LogP contribution in [0.5, 0.6) is 0 Å². The molecule has 2 N–H and O–H groups in total. The van der Waals surface area contributed by atoms with Gasteiger partial charge < -0.3 is 0 Å². The Hall–Kier alpha value is -1.55. The number of hydrogen-bond acceptors (Lipinski definition) is 2. The number of anilines is 1. The molecule has 0 radical (unpaired) electrons. The van der Waals surface area contributed by atoms with Gasteiger partial charge in [0.05, 0.1) is 10.7 Å². The summed E-state index contributed by atoms with van der Waals surface area (Å²) in [5, 5.41) is 1.82. The Labute approximate surface area is 115 Å². The van der Waals surface area contributed by atoms with Crippen LogP contribution in [0.2, 0.25) is 10.0 Å². The fourth-order valence-electron chi connectivity index (χ4n) is 1.50. The standard InChI is InChI=1S/C13H10Cl2N2O/c14-10-6-7-11(15)12(8-10)17(16)13(18)9-4-2-1-3-5-9/h1-8H,16H2. The van der Waals surface area contributed by atoms with Crippen LogP contribution in [0.1, 0.15) is 10.4 Å². The lowest BCUT2D eigenvalue weighted by Gasteiger charge is -2.18. The van der Waals surface area contributed by atoms with E-state index in [9.17, 15) is 4.79 Å². The minimum absolute atomic E-state index is 0.347. The molecule has 0 aliphatic heterocycles. The van der Waals surface area contributed by atoms with E-state index in [4.69, 9.17) is 29.0 Å². The van der Waals surface area contributed by atoms with Crippen LogP contribution in [0.25, 0.3) is 0 Å². The minimum atomic E-state index is -0.347. The highest BCUT2D eigenvalue weighted by Crippen LogP contribution is 2.28. The third-order valence-corrected chi connectivity index (χ3v) is 2.96. The summed E-state index contributed by atoms with van der Waals surface area (Å²) in [4.78, 5) is 12.1. The Morgan fingerprint density at radius 1 is 1.06 bits per heavy atom. The minimum Gasteiger partial charge on any atom is -0.267 e. The van der Waals surface area contributed by atoms with Gasteiger partial charge in [0.1, 0.15) is 0 Å². The average Bonchev–Trinajstić information content (AvgIpc) is 2.41. The number of nitrogens with two attached hydrogens (primary N) is 1. The summed E-state index contributed by atoms with van der Waals surface area (Å²) in [6, 6.07) is 13.5. The van der Waals surface area contributed by atoms with E-state index in [0.29, 0.717) is 21.3 Å². The highest BCUT2D eigenvalue weighted by molar-refractivity contribution is 6.36. The molecule has 0 atom stereocenters. The molecule has 0 unspecified atom stereocenters. The molecule has 2 rings (SSSR count). The molecular weight excluding hydrogens is 271 g/mol. The van der Waals surface area contributed by atoms with Crippen molar-refractivity contribution in [3.63, 3.8) is 0 Å². The first-order valence-corrected chi connectivity index (χ1v) is 5.94. The monoisotopic (exact) mass is 280 g/mol. The van der Waals surface area contributed by atoms with Gasteiger partial charge in [-0.2, -0.15) is 0 Å². The summed E-state index contributed by atoms with van der Waals surface area (Å²) in [5.74, 6) is 5.43. The maximum Gasteiger partial charge on any atom is 0.272 e. The van der Waals surface area contributed by atoms with Crippen molar-refractivity contribution in [2.45, 2.75) is 0 Å². The van der Waals surface area contributed by atoms with Gasteiger partial charge in [0.2, 0.25) is 0 Å². The largest absolute Gasteiger partial charge is 0.272 e. The molecule has 3 nitrogen and oxygen atoms in total. The molecule has 0 aliphatic rings. The Balaban J connectivity index is 2.34. The van der Waals surface area contributed by atoms with E-state index in [2.05, 4.69) is 0 Å². The molecule has 0 saturated heterocycles. The lowest BCUT2D eigenvalue weighted by atomic mass is 10.2. The van der Waals surface area contributed by atoms with Gasteiger partial charge in [-0.15, -0.1) is 0 Å². The Morgan fingerprint density at radius 3 is 2.39 bits per heavy atom. The number of hydrogen-bond donors (Lipinski definition) is 1. The van der Waals surface area contributed by atoms with Crippen molar-refractivity contribution in [1.29, 1.82) is 0 Å². The molecule has 5 heteroatoms. The van der Waals surface area contributed by atoms with Crippen LogP contribution in [-0.4, -0.2) is 5.91 Å². The van der Waals surface area contributed by atoms with E-state index in [1.165, 1.54) is 0 Å². The Bertz CT molecular complexity index is 572. The molecule has 0 aliphatic carbocycles. The number of nitrogens with zero attached hydrogens (tertiary/aromatic N) is 1. The Morgan fingerprint density at radius 2 is 1.72 bits per heavy atom. The van der Waals surface area contributed by atoms with Crippen LogP contribution in [0.15, 0.2) is 48.5 Å². The van der Waals surface area contributed by atoms with Gasteiger partial charge in [-0.1, -0.05) is 41.4 Å². The summed E-state index contributed by atoms with van der Waals surface area (Å²) >= 11 is 11.8. The fourth-order valence-corrected chi connectivity index (χ4v) is 1.87. The van der Waals surface area contributed by atoms with Gasteiger partial charge >= 0.3 is 0 Å². The van der Waals surface area contributed by atoms with Gasteiger partial charge in [0.25, 0.3) is 5.91 Å². The number of carbonyl (C=O) groups excluding carboxylic acids is 1. The zero-order chi connectivity index (χ0) is 13.1. The van der Waals surface area contributed by atoms with Crippen LogP contribution in [0.4, 0.5) is 5.69 Å². The van der Waals surface area contributed by atoms with Crippen molar-refractivity contribution in [2.75, 3.05) is 5.01 Å². The van der Waals surface area contributed by atoms with Crippen LogP contribution in [-0.2, 0) is 0 Å². The SMILES string of the molecule is NN(C(=O)c1ccccc1)c1cc(Cl)ccc1Cl.